The van der Waals surface area contributed by atoms with E-state index in [0.29, 0.717) is 22.6 Å². The maximum absolute atomic E-state index is 12.2. The molecular formula is C24H21N5O2. The molecule has 0 aliphatic rings. The van der Waals surface area contributed by atoms with Gasteiger partial charge in [-0.15, -0.1) is 0 Å². The summed E-state index contributed by atoms with van der Waals surface area (Å²) < 4.78 is 0. The molecule has 0 aliphatic carbocycles. The summed E-state index contributed by atoms with van der Waals surface area (Å²) in [5.41, 5.74) is 4.89. The summed E-state index contributed by atoms with van der Waals surface area (Å²) in [4.78, 5) is 33.0. The molecule has 0 aliphatic heterocycles. The minimum absolute atomic E-state index is 0.408. The van der Waals surface area contributed by atoms with Crippen LogP contribution in [0.1, 0.15) is 21.5 Å². The molecule has 0 atom stereocenters. The Labute approximate surface area is 179 Å². The molecule has 3 amide bonds. The second-order valence-corrected chi connectivity index (χ2v) is 7.10. The molecule has 1 aromatic heterocycles. The average Bonchev–Trinajstić information content (AvgIpc) is 2.77. The molecule has 0 saturated heterocycles. The predicted octanol–water partition coefficient (Wildman–Crippen LogP) is 4.95. The largest absolute Gasteiger partial charge is 0.339 e. The molecule has 154 valence electrons. The lowest BCUT2D eigenvalue weighted by atomic mass is 10.1. The second-order valence-electron chi connectivity index (χ2n) is 7.10. The van der Waals surface area contributed by atoms with Crippen molar-refractivity contribution in [1.29, 1.82) is 0 Å². The zero-order valence-electron chi connectivity index (χ0n) is 17.1. The van der Waals surface area contributed by atoms with Gasteiger partial charge in [0.1, 0.15) is 12.1 Å². The topological polar surface area (TPSA) is 96.0 Å². The lowest BCUT2D eigenvalue weighted by Crippen LogP contribution is -2.34. The highest BCUT2D eigenvalue weighted by Crippen LogP contribution is 2.27. The molecule has 7 nitrogen and oxygen atoms in total. The van der Waals surface area contributed by atoms with E-state index in [-0.39, 0.29) is 0 Å². The number of nitrogens with one attached hydrogen (secondary N) is 3. The van der Waals surface area contributed by atoms with Crippen molar-refractivity contribution >= 4 is 40.0 Å². The molecule has 0 radical (unpaired) electrons. The number of amides is 3. The Balaban J connectivity index is 1.51. The van der Waals surface area contributed by atoms with E-state index in [1.54, 1.807) is 42.5 Å². The van der Waals surface area contributed by atoms with E-state index < -0.39 is 11.9 Å². The Hall–Kier alpha value is -4.26. The SMILES string of the molecule is Cc1cccc(Nc2ncnc3cc(NC(=O)NC(=O)c4ccccc4)ccc23)c1C. The number of hydrogen-bond acceptors (Lipinski definition) is 5. The number of carbonyl (C=O) groups excluding carboxylic acids is 2. The summed E-state index contributed by atoms with van der Waals surface area (Å²) in [5, 5.41) is 9.16. The molecule has 0 bridgehead atoms. The predicted molar refractivity (Wildman–Crippen MR) is 122 cm³/mol. The fourth-order valence-corrected chi connectivity index (χ4v) is 3.18. The highest BCUT2D eigenvalue weighted by atomic mass is 16.2. The fraction of sp³-hybridized carbons (Fsp3) is 0.0833. The number of hydrogen-bond donors (Lipinski definition) is 3. The molecule has 4 rings (SSSR count). The van der Waals surface area contributed by atoms with Gasteiger partial charge in [-0.05, 0) is 61.4 Å². The second kappa shape index (κ2) is 8.62. The van der Waals surface area contributed by atoms with Gasteiger partial charge in [-0.1, -0.05) is 30.3 Å². The summed E-state index contributed by atoms with van der Waals surface area (Å²) in [7, 11) is 0. The third-order valence-corrected chi connectivity index (χ3v) is 5.02. The molecular weight excluding hydrogens is 390 g/mol. The van der Waals surface area contributed by atoms with Gasteiger partial charge in [0.25, 0.3) is 5.91 Å². The molecule has 0 unspecified atom stereocenters. The Morgan fingerprint density at radius 3 is 2.48 bits per heavy atom. The maximum Gasteiger partial charge on any atom is 0.326 e. The standard InChI is InChI=1S/C24H21N5O2/c1-15-7-6-10-20(16(15)2)28-22-19-12-11-18(13-21(19)25-14-26-22)27-24(31)29-23(30)17-8-4-3-5-9-17/h3-14H,1-2H3,(H,25,26,28)(H2,27,29,30,31). The Morgan fingerprint density at radius 1 is 0.871 bits per heavy atom. The molecule has 0 fully saturated rings. The number of fused-ring (bicyclic) bond motifs is 1. The summed E-state index contributed by atoms with van der Waals surface area (Å²) in [5.74, 6) is 0.204. The molecule has 0 spiro atoms. The van der Waals surface area contributed by atoms with Gasteiger partial charge in [-0.3, -0.25) is 10.1 Å². The fourth-order valence-electron chi connectivity index (χ4n) is 3.18. The molecule has 31 heavy (non-hydrogen) atoms. The number of aryl methyl sites for hydroxylation is 1. The highest BCUT2D eigenvalue weighted by Gasteiger charge is 2.12. The molecule has 4 aromatic rings. The lowest BCUT2D eigenvalue weighted by molar-refractivity contribution is 0.0967. The van der Waals surface area contributed by atoms with Crippen LogP contribution in [-0.4, -0.2) is 21.9 Å². The van der Waals surface area contributed by atoms with Gasteiger partial charge < -0.3 is 10.6 Å². The highest BCUT2D eigenvalue weighted by molar-refractivity contribution is 6.08. The number of urea groups is 1. The van der Waals surface area contributed by atoms with Crippen LogP contribution in [0.4, 0.5) is 22.0 Å². The van der Waals surface area contributed by atoms with Crippen molar-refractivity contribution in [2.45, 2.75) is 13.8 Å². The van der Waals surface area contributed by atoms with Crippen molar-refractivity contribution in [3.63, 3.8) is 0 Å². The van der Waals surface area contributed by atoms with Crippen molar-refractivity contribution in [2.75, 3.05) is 10.6 Å². The van der Waals surface area contributed by atoms with Gasteiger partial charge in [-0.25, -0.2) is 14.8 Å². The van der Waals surface area contributed by atoms with E-state index in [4.69, 9.17) is 0 Å². The van der Waals surface area contributed by atoms with Crippen LogP contribution >= 0.6 is 0 Å². The summed E-state index contributed by atoms with van der Waals surface area (Å²) >= 11 is 0. The van der Waals surface area contributed by atoms with Crippen LogP contribution in [0.15, 0.2) is 73.1 Å². The number of rotatable bonds is 4. The number of carbonyl (C=O) groups is 2. The smallest absolute Gasteiger partial charge is 0.326 e. The zero-order valence-corrected chi connectivity index (χ0v) is 17.1. The monoisotopic (exact) mass is 411 g/mol. The molecule has 3 aromatic carbocycles. The van der Waals surface area contributed by atoms with E-state index in [2.05, 4.69) is 45.8 Å². The van der Waals surface area contributed by atoms with Gasteiger partial charge in [0.15, 0.2) is 0 Å². The first-order valence-electron chi connectivity index (χ1n) is 9.76. The first-order valence-corrected chi connectivity index (χ1v) is 9.76. The zero-order chi connectivity index (χ0) is 21.8. The quantitative estimate of drug-likeness (QED) is 0.441. The van der Waals surface area contributed by atoms with Gasteiger partial charge >= 0.3 is 6.03 Å². The van der Waals surface area contributed by atoms with Crippen molar-refractivity contribution in [1.82, 2.24) is 15.3 Å². The van der Waals surface area contributed by atoms with Gasteiger partial charge in [0, 0.05) is 22.3 Å². The molecule has 3 N–H and O–H groups in total. The van der Waals surface area contributed by atoms with Crippen LogP contribution in [0.2, 0.25) is 0 Å². The molecule has 1 heterocycles. The van der Waals surface area contributed by atoms with Crippen molar-refractivity contribution in [3.8, 4) is 0 Å². The van der Waals surface area contributed by atoms with Crippen molar-refractivity contribution < 1.29 is 9.59 Å². The number of anilines is 3. The third kappa shape index (κ3) is 4.51. The first-order chi connectivity index (χ1) is 15.0. The molecule has 7 heteroatoms. The minimum atomic E-state index is -0.615. The summed E-state index contributed by atoms with van der Waals surface area (Å²) in [6.07, 6.45) is 1.47. The first kappa shape index (κ1) is 20.0. The van der Waals surface area contributed by atoms with Crippen molar-refractivity contribution in [2.24, 2.45) is 0 Å². The Kier molecular flexibility index (Phi) is 5.57. The number of benzene rings is 3. The van der Waals surface area contributed by atoms with Crippen LogP contribution in [0.5, 0.6) is 0 Å². The Morgan fingerprint density at radius 2 is 1.68 bits per heavy atom. The van der Waals surface area contributed by atoms with Crippen LogP contribution in [0.25, 0.3) is 10.9 Å². The van der Waals surface area contributed by atoms with Crippen LogP contribution < -0.4 is 16.0 Å². The average molecular weight is 411 g/mol. The van der Waals surface area contributed by atoms with E-state index in [1.807, 2.05) is 18.2 Å². The van der Waals surface area contributed by atoms with Crippen LogP contribution in [0, 0.1) is 13.8 Å². The van der Waals surface area contributed by atoms with E-state index in [0.717, 1.165) is 16.6 Å². The number of aromatic nitrogens is 2. The summed E-state index contributed by atoms with van der Waals surface area (Å²) in [6.45, 7) is 4.11. The number of nitrogens with zero attached hydrogens (tertiary/aromatic N) is 2. The van der Waals surface area contributed by atoms with Gasteiger partial charge in [0.2, 0.25) is 0 Å². The van der Waals surface area contributed by atoms with E-state index in [9.17, 15) is 9.59 Å². The summed E-state index contributed by atoms with van der Waals surface area (Å²) in [6, 6.07) is 19.3. The van der Waals surface area contributed by atoms with Gasteiger partial charge in [-0.2, -0.15) is 0 Å². The third-order valence-electron chi connectivity index (χ3n) is 5.02. The minimum Gasteiger partial charge on any atom is -0.339 e. The van der Waals surface area contributed by atoms with E-state index in [1.165, 1.54) is 11.9 Å². The number of imide groups is 1. The van der Waals surface area contributed by atoms with Crippen LogP contribution in [-0.2, 0) is 0 Å². The lowest BCUT2D eigenvalue weighted by Gasteiger charge is -2.13. The van der Waals surface area contributed by atoms with E-state index >= 15 is 0 Å². The normalized spacial score (nSPS) is 10.5. The molecule has 0 saturated carbocycles. The van der Waals surface area contributed by atoms with Gasteiger partial charge in [0.05, 0.1) is 5.52 Å². The maximum atomic E-state index is 12.2. The Bertz CT molecular complexity index is 1270. The van der Waals surface area contributed by atoms with Crippen LogP contribution in [0.3, 0.4) is 0 Å². The van der Waals surface area contributed by atoms with Crippen molar-refractivity contribution in [3.05, 3.63) is 89.7 Å².